The average Bonchev–Trinajstić information content (AvgIpc) is 2.76. The van der Waals surface area contributed by atoms with Crippen molar-refractivity contribution in [2.24, 2.45) is 17.6 Å². The van der Waals surface area contributed by atoms with E-state index >= 15 is 0 Å². The van der Waals surface area contributed by atoms with E-state index in [1.807, 2.05) is 6.08 Å². The van der Waals surface area contributed by atoms with Gasteiger partial charge in [-0.1, -0.05) is 18.6 Å². The summed E-state index contributed by atoms with van der Waals surface area (Å²) in [4.78, 5) is 37.0. The maximum atomic E-state index is 12.7. The predicted molar refractivity (Wildman–Crippen MR) is 93.1 cm³/mol. The van der Waals surface area contributed by atoms with Crippen LogP contribution in [0.4, 0.5) is 5.00 Å². The molecular weight excluding hydrogens is 340 g/mol. The molecule has 2 amide bonds. The third kappa shape index (κ3) is 3.61. The van der Waals surface area contributed by atoms with E-state index in [1.54, 1.807) is 6.08 Å². The number of rotatable bonds is 4. The minimum absolute atomic E-state index is 0.282. The normalized spacial score (nSPS) is 22.7. The molecule has 2 aliphatic rings. The summed E-state index contributed by atoms with van der Waals surface area (Å²) < 4.78 is 0. The molecule has 134 valence electrons. The zero-order valence-corrected chi connectivity index (χ0v) is 14.7. The molecule has 0 spiro atoms. The predicted octanol–water partition coefficient (Wildman–Crippen LogP) is 1.39. The third-order valence-corrected chi connectivity index (χ3v) is 6.18. The number of anilines is 1. The van der Waals surface area contributed by atoms with Crippen molar-refractivity contribution in [3.05, 3.63) is 28.2 Å². The Bertz CT molecular complexity index is 738. The average molecular weight is 361 g/mol. The van der Waals surface area contributed by atoms with Gasteiger partial charge in [-0.3, -0.25) is 9.59 Å². The van der Waals surface area contributed by atoms with Gasteiger partial charge in [0.2, 0.25) is 5.91 Å². The molecule has 0 aliphatic heterocycles. The first kappa shape index (κ1) is 17.7. The minimum atomic E-state index is -1.22. The molecule has 1 aromatic rings. The number of nitrogens with one attached hydrogen (secondary N) is 1. The smallest absolute Gasteiger partial charge is 0.251 e. The van der Waals surface area contributed by atoms with Gasteiger partial charge in [0.15, 0.2) is 0 Å². The van der Waals surface area contributed by atoms with Crippen LogP contribution in [0.5, 0.6) is 0 Å². The molecule has 0 radical (unpaired) electrons. The molecule has 0 saturated heterocycles. The van der Waals surface area contributed by atoms with Crippen molar-refractivity contribution in [3.8, 4) is 0 Å². The van der Waals surface area contributed by atoms with Crippen LogP contribution in [0.2, 0.25) is 0 Å². The van der Waals surface area contributed by atoms with Crippen molar-refractivity contribution in [2.75, 3.05) is 5.32 Å². The van der Waals surface area contributed by atoms with Crippen LogP contribution >= 0.6 is 11.3 Å². The monoisotopic (exact) mass is 361 g/mol. The maximum Gasteiger partial charge on any atom is 0.251 e. The number of carbonyl (C=O) groups excluding carboxylic acids is 3. The summed E-state index contributed by atoms with van der Waals surface area (Å²) in [6.45, 7) is 0. The summed E-state index contributed by atoms with van der Waals surface area (Å²) in [5, 5.41) is 14.5. The fraction of sp³-hybridized carbons (Fsp3) is 0.500. The number of aryl methyl sites for hydroxylation is 1. The van der Waals surface area contributed by atoms with Crippen LogP contribution in [0.15, 0.2) is 12.2 Å². The molecule has 3 rings (SSSR count). The van der Waals surface area contributed by atoms with Gasteiger partial charge < -0.3 is 21.0 Å². The zero-order chi connectivity index (χ0) is 18.0. The van der Waals surface area contributed by atoms with E-state index in [4.69, 9.17) is 5.73 Å². The summed E-state index contributed by atoms with van der Waals surface area (Å²) in [7, 11) is 0. The molecule has 1 aromatic heterocycles. The number of allylic oxidation sites excluding steroid dienone is 2. The van der Waals surface area contributed by atoms with Crippen LogP contribution in [0, 0.1) is 11.8 Å². The Morgan fingerprint density at radius 3 is 2.44 bits per heavy atom. The number of thiophene rings is 1. The second-order valence-corrected chi connectivity index (χ2v) is 7.70. The number of aliphatic carboxylic acids is 1. The van der Waals surface area contributed by atoms with Crippen LogP contribution in [0.25, 0.3) is 0 Å². The second kappa shape index (κ2) is 7.39. The molecule has 0 bridgehead atoms. The third-order valence-electron chi connectivity index (χ3n) is 4.98. The Balaban J connectivity index is 1.87. The number of amides is 2. The second-order valence-electron chi connectivity index (χ2n) is 6.60. The summed E-state index contributed by atoms with van der Waals surface area (Å²) in [6, 6.07) is 0. The van der Waals surface area contributed by atoms with Gasteiger partial charge in [0.05, 0.1) is 11.5 Å². The van der Waals surface area contributed by atoms with Crippen molar-refractivity contribution >= 4 is 34.1 Å². The van der Waals surface area contributed by atoms with Crippen LogP contribution in [-0.2, 0) is 22.4 Å². The number of hydrogen-bond acceptors (Lipinski definition) is 5. The van der Waals surface area contributed by atoms with Crippen LogP contribution < -0.4 is 16.2 Å². The van der Waals surface area contributed by atoms with E-state index in [0.29, 0.717) is 17.0 Å². The number of primary amides is 1. The molecule has 2 aliphatic carbocycles. The van der Waals surface area contributed by atoms with E-state index in [0.717, 1.165) is 42.5 Å². The van der Waals surface area contributed by atoms with E-state index in [2.05, 4.69) is 5.32 Å². The largest absolute Gasteiger partial charge is 0.550 e. The fourth-order valence-corrected chi connectivity index (χ4v) is 4.96. The summed E-state index contributed by atoms with van der Waals surface area (Å²) in [5.74, 6) is -3.70. The Morgan fingerprint density at radius 2 is 1.76 bits per heavy atom. The fourth-order valence-electron chi connectivity index (χ4n) is 3.66. The summed E-state index contributed by atoms with van der Waals surface area (Å²) >= 11 is 1.39. The van der Waals surface area contributed by atoms with Gasteiger partial charge in [-0.2, -0.15) is 0 Å². The van der Waals surface area contributed by atoms with E-state index < -0.39 is 29.6 Å². The van der Waals surface area contributed by atoms with Crippen LogP contribution in [0.3, 0.4) is 0 Å². The van der Waals surface area contributed by atoms with Crippen LogP contribution in [-0.4, -0.2) is 17.8 Å². The van der Waals surface area contributed by atoms with Crippen molar-refractivity contribution in [2.45, 2.75) is 44.9 Å². The molecule has 0 saturated carbocycles. The number of carboxylic acids is 1. The van der Waals surface area contributed by atoms with Gasteiger partial charge in [0.1, 0.15) is 5.00 Å². The Hall–Kier alpha value is -2.15. The lowest BCUT2D eigenvalue weighted by Gasteiger charge is -2.28. The molecule has 2 atom stereocenters. The number of carbonyl (C=O) groups is 3. The van der Waals surface area contributed by atoms with Gasteiger partial charge in [0, 0.05) is 16.8 Å². The number of carboxylic acid groups (broad SMARTS) is 1. The first-order valence-corrected chi connectivity index (χ1v) is 9.41. The number of fused-ring (bicyclic) bond motifs is 1. The van der Waals surface area contributed by atoms with Gasteiger partial charge in [0.25, 0.3) is 5.91 Å². The standard InChI is InChI=1S/C18H22N2O4S/c19-15(21)14-12-8-2-1-3-9-13(12)25-17(14)20-16(22)10-6-4-5-7-11(10)18(23)24/h4-5,10-11H,1-3,6-9H2,(H2,19,21)(H,20,22)(H,23,24)/p-1/t10-,11+/m0/s1. The lowest BCUT2D eigenvalue weighted by Crippen LogP contribution is -2.41. The summed E-state index contributed by atoms with van der Waals surface area (Å²) in [6.07, 6.45) is 9.03. The zero-order valence-electron chi connectivity index (χ0n) is 13.9. The minimum Gasteiger partial charge on any atom is -0.550 e. The highest BCUT2D eigenvalue weighted by Crippen LogP contribution is 2.38. The van der Waals surface area contributed by atoms with E-state index in [1.165, 1.54) is 11.3 Å². The SMILES string of the molecule is NC(=O)c1c(NC(=O)[C@H]2CC=CC[C@H]2C(=O)[O-])sc2c1CCCCC2. The first-order chi connectivity index (χ1) is 12.0. The molecule has 0 unspecified atom stereocenters. The molecule has 1 heterocycles. The Morgan fingerprint density at radius 1 is 1.08 bits per heavy atom. The van der Waals surface area contributed by atoms with Crippen LogP contribution in [0.1, 0.15) is 52.9 Å². The molecule has 6 nitrogen and oxygen atoms in total. The molecule has 0 aromatic carbocycles. The van der Waals surface area contributed by atoms with Crippen molar-refractivity contribution < 1.29 is 19.5 Å². The highest BCUT2D eigenvalue weighted by molar-refractivity contribution is 7.17. The van der Waals surface area contributed by atoms with Crippen molar-refractivity contribution in [3.63, 3.8) is 0 Å². The van der Waals surface area contributed by atoms with Gasteiger partial charge in [-0.15, -0.1) is 11.3 Å². The van der Waals surface area contributed by atoms with Gasteiger partial charge in [-0.05, 0) is 44.1 Å². The van der Waals surface area contributed by atoms with Crippen molar-refractivity contribution in [1.29, 1.82) is 0 Å². The Labute approximate surface area is 150 Å². The van der Waals surface area contributed by atoms with Gasteiger partial charge in [-0.25, -0.2) is 0 Å². The Kier molecular flexibility index (Phi) is 5.22. The summed E-state index contributed by atoms with van der Waals surface area (Å²) in [5.41, 5.74) is 6.91. The van der Waals surface area contributed by atoms with E-state index in [9.17, 15) is 19.5 Å². The molecule has 0 fully saturated rings. The van der Waals surface area contributed by atoms with E-state index in [-0.39, 0.29) is 6.42 Å². The van der Waals surface area contributed by atoms with Gasteiger partial charge >= 0.3 is 0 Å². The molecule has 3 N–H and O–H groups in total. The number of nitrogens with two attached hydrogens (primary N) is 1. The first-order valence-electron chi connectivity index (χ1n) is 8.60. The molecular formula is C18H21N2O4S-. The maximum absolute atomic E-state index is 12.7. The lowest BCUT2D eigenvalue weighted by atomic mass is 9.82. The topological polar surface area (TPSA) is 112 Å². The quantitative estimate of drug-likeness (QED) is 0.623. The van der Waals surface area contributed by atoms with Crippen molar-refractivity contribution in [1.82, 2.24) is 0 Å². The lowest BCUT2D eigenvalue weighted by molar-refractivity contribution is -0.313. The highest BCUT2D eigenvalue weighted by atomic mass is 32.1. The number of hydrogen-bond donors (Lipinski definition) is 2. The highest BCUT2D eigenvalue weighted by Gasteiger charge is 2.32. The molecule has 7 heteroatoms. The molecule has 25 heavy (non-hydrogen) atoms.